The first kappa shape index (κ1) is 21.5. The third-order valence-corrected chi connectivity index (χ3v) is 5.45. The van der Waals surface area contributed by atoms with Crippen molar-refractivity contribution in [3.05, 3.63) is 44.3 Å². The van der Waals surface area contributed by atoms with E-state index in [1.54, 1.807) is 34.3 Å². The Bertz CT molecular complexity index is 981. The number of hydrogen-bond acceptors (Lipinski definition) is 6. The van der Waals surface area contributed by atoms with E-state index in [4.69, 9.17) is 21.1 Å². The van der Waals surface area contributed by atoms with Crippen LogP contribution in [0.25, 0.3) is 11.4 Å². The highest BCUT2D eigenvalue weighted by molar-refractivity contribution is 6.33. The molecule has 1 aromatic heterocycles. The predicted molar refractivity (Wildman–Crippen MR) is 113 cm³/mol. The van der Waals surface area contributed by atoms with Crippen LogP contribution < -0.4 is 10.9 Å². The molecule has 0 bridgehead atoms. The third-order valence-electron chi connectivity index (χ3n) is 5.14. The molecule has 8 heteroatoms. The van der Waals surface area contributed by atoms with E-state index in [0.717, 1.165) is 18.4 Å². The number of carbonyl (C=O) groups is 1. The molecule has 0 saturated heterocycles. The lowest BCUT2D eigenvalue weighted by atomic mass is 9.89. The number of methoxy groups -OCH3 is 2. The molecule has 0 spiro atoms. The van der Waals surface area contributed by atoms with Gasteiger partial charge in [0.15, 0.2) is 5.78 Å². The summed E-state index contributed by atoms with van der Waals surface area (Å²) in [5.74, 6) is 0.582. The number of Topliss-reactive ketones (excluding diaryl/α,β-unsaturated/α-hetero) is 1. The van der Waals surface area contributed by atoms with Crippen molar-refractivity contribution in [2.45, 2.75) is 32.2 Å². The number of anilines is 1. The zero-order chi connectivity index (χ0) is 21.1. The van der Waals surface area contributed by atoms with Gasteiger partial charge < -0.3 is 14.8 Å². The van der Waals surface area contributed by atoms with Crippen LogP contribution >= 0.6 is 11.6 Å². The summed E-state index contributed by atoms with van der Waals surface area (Å²) < 4.78 is 11.9. The van der Waals surface area contributed by atoms with Crippen LogP contribution in [0.2, 0.25) is 5.02 Å². The van der Waals surface area contributed by atoms with E-state index >= 15 is 0 Å². The molecule has 1 N–H and O–H groups in total. The maximum Gasteiger partial charge on any atom is 0.277 e. The number of aryl methyl sites for hydroxylation is 2. The molecule has 2 aromatic rings. The lowest BCUT2D eigenvalue weighted by molar-refractivity contribution is 0.0972. The van der Waals surface area contributed by atoms with Gasteiger partial charge >= 0.3 is 0 Å². The number of ether oxygens (including phenoxy) is 2. The van der Waals surface area contributed by atoms with Crippen LogP contribution in [-0.2, 0) is 22.9 Å². The van der Waals surface area contributed by atoms with Gasteiger partial charge in [-0.1, -0.05) is 11.6 Å². The van der Waals surface area contributed by atoms with E-state index in [9.17, 15) is 9.59 Å². The van der Waals surface area contributed by atoms with Gasteiger partial charge in [0.1, 0.15) is 11.5 Å². The summed E-state index contributed by atoms with van der Waals surface area (Å²) in [6.07, 6.45) is 2.18. The van der Waals surface area contributed by atoms with Crippen LogP contribution in [0.5, 0.6) is 0 Å². The van der Waals surface area contributed by atoms with Crippen molar-refractivity contribution in [3.8, 4) is 11.4 Å². The van der Waals surface area contributed by atoms with E-state index in [1.165, 1.54) is 4.57 Å². The van der Waals surface area contributed by atoms with Gasteiger partial charge in [-0.2, -0.15) is 0 Å². The summed E-state index contributed by atoms with van der Waals surface area (Å²) in [6.45, 7) is 2.56. The van der Waals surface area contributed by atoms with Crippen molar-refractivity contribution in [1.29, 1.82) is 0 Å². The molecule has 0 atom stereocenters. The Morgan fingerprint density at radius 2 is 1.86 bits per heavy atom. The fourth-order valence-electron chi connectivity index (χ4n) is 3.68. The number of rotatable bonds is 7. The second-order valence-corrected chi connectivity index (χ2v) is 7.69. The summed E-state index contributed by atoms with van der Waals surface area (Å²) in [6, 6.07) is 3.42. The van der Waals surface area contributed by atoms with E-state index in [0.29, 0.717) is 53.0 Å². The minimum absolute atomic E-state index is 0.111. The first-order valence-electron chi connectivity index (χ1n) is 9.55. The Balaban J connectivity index is 2.05. The van der Waals surface area contributed by atoms with Crippen LogP contribution in [0.4, 0.5) is 5.69 Å². The first-order valence-corrected chi connectivity index (χ1v) is 9.93. The molecule has 0 radical (unpaired) electrons. The Hall–Kier alpha value is -2.22. The predicted octanol–water partition coefficient (Wildman–Crippen LogP) is 3.00. The quantitative estimate of drug-likeness (QED) is 0.742. The van der Waals surface area contributed by atoms with Gasteiger partial charge in [-0.3, -0.25) is 14.2 Å². The standard InChI is InChI=1S/C21H26ClN3O4/c1-12-19(24-14(10-28-3)11-29-4)21(27)25(2)20(23-12)16-8-13-6-5-7-18(26)15(13)9-17(16)22/h8-9,14,24H,5-7,10-11H2,1-4H3. The van der Waals surface area contributed by atoms with Crippen molar-refractivity contribution in [2.24, 2.45) is 7.05 Å². The second-order valence-electron chi connectivity index (χ2n) is 7.28. The van der Waals surface area contributed by atoms with Crippen LogP contribution in [0.15, 0.2) is 16.9 Å². The van der Waals surface area contributed by atoms with Gasteiger partial charge in [0.25, 0.3) is 5.56 Å². The Morgan fingerprint density at radius 3 is 2.52 bits per heavy atom. The Kier molecular flexibility index (Phi) is 6.72. The number of nitrogens with zero attached hydrogens (tertiary/aromatic N) is 2. The summed E-state index contributed by atoms with van der Waals surface area (Å²) in [5.41, 5.74) is 3.03. The maximum atomic E-state index is 13.1. The van der Waals surface area contributed by atoms with E-state index in [-0.39, 0.29) is 17.4 Å². The molecule has 7 nitrogen and oxygen atoms in total. The third kappa shape index (κ3) is 4.37. The molecular formula is C21H26ClN3O4. The number of ketones is 1. The molecular weight excluding hydrogens is 394 g/mol. The molecule has 29 heavy (non-hydrogen) atoms. The van der Waals surface area contributed by atoms with Gasteiger partial charge in [-0.05, 0) is 37.5 Å². The smallest absolute Gasteiger partial charge is 0.277 e. The van der Waals surface area contributed by atoms with Gasteiger partial charge in [0, 0.05) is 38.8 Å². The maximum absolute atomic E-state index is 13.1. The number of halogens is 1. The van der Waals surface area contributed by atoms with Gasteiger partial charge in [-0.25, -0.2) is 4.98 Å². The average molecular weight is 420 g/mol. The molecule has 156 valence electrons. The molecule has 1 aromatic carbocycles. The number of benzene rings is 1. The first-order chi connectivity index (χ1) is 13.9. The molecule has 0 aliphatic heterocycles. The van der Waals surface area contributed by atoms with Crippen LogP contribution in [0.1, 0.15) is 34.5 Å². The SMILES string of the molecule is COCC(COC)Nc1c(C)nc(-c2cc3c(cc2Cl)C(=O)CCC3)n(C)c1=O. The van der Waals surface area contributed by atoms with Gasteiger partial charge in [0.2, 0.25) is 0 Å². The topological polar surface area (TPSA) is 82.4 Å². The summed E-state index contributed by atoms with van der Waals surface area (Å²) in [4.78, 5) is 29.9. The van der Waals surface area contributed by atoms with Crippen molar-refractivity contribution < 1.29 is 14.3 Å². The number of hydrogen-bond donors (Lipinski definition) is 1. The van der Waals surface area contributed by atoms with E-state index in [1.807, 2.05) is 6.07 Å². The highest BCUT2D eigenvalue weighted by Gasteiger charge is 2.23. The van der Waals surface area contributed by atoms with Crippen LogP contribution in [0, 0.1) is 6.92 Å². The Morgan fingerprint density at radius 1 is 1.17 bits per heavy atom. The number of nitrogens with one attached hydrogen (secondary N) is 1. The monoisotopic (exact) mass is 419 g/mol. The zero-order valence-corrected chi connectivity index (χ0v) is 17.9. The summed E-state index contributed by atoms with van der Waals surface area (Å²) in [5, 5.41) is 3.60. The van der Waals surface area contributed by atoms with Crippen LogP contribution in [0.3, 0.4) is 0 Å². The molecule has 3 rings (SSSR count). The second kappa shape index (κ2) is 9.07. The molecule has 0 unspecified atom stereocenters. The molecule has 0 amide bonds. The molecule has 1 aliphatic rings. The highest BCUT2D eigenvalue weighted by atomic mass is 35.5. The summed E-state index contributed by atoms with van der Waals surface area (Å²) in [7, 11) is 4.86. The number of aromatic nitrogens is 2. The zero-order valence-electron chi connectivity index (χ0n) is 17.2. The van der Waals surface area contributed by atoms with Gasteiger partial charge in [0.05, 0.1) is 30.0 Å². The fraction of sp³-hybridized carbons (Fsp3) is 0.476. The number of carbonyl (C=O) groups excluding carboxylic acids is 1. The average Bonchev–Trinajstić information content (AvgIpc) is 2.69. The minimum atomic E-state index is -0.213. The lowest BCUT2D eigenvalue weighted by Crippen LogP contribution is -2.35. The molecule has 0 fully saturated rings. The van der Waals surface area contributed by atoms with Gasteiger partial charge in [-0.15, -0.1) is 0 Å². The summed E-state index contributed by atoms with van der Waals surface area (Å²) >= 11 is 6.49. The van der Waals surface area contributed by atoms with Crippen molar-refractivity contribution >= 4 is 23.1 Å². The largest absolute Gasteiger partial charge is 0.382 e. The highest BCUT2D eigenvalue weighted by Crippen LogP contribution is 2.33. The molecule has 0 saturated carbocycles. The molecule has 1 heterocycles. The number of fused-ring (bicyclic) bond motifs is 1. The minimum Gasteiger partial charge on any atom is -0.382 e. The van der Waals surface area contributed by atoms with E-state index < -0.39 is 0 Å². The fourth-order valence-corrected chi connectivity index (χ4v) is 3.93. The van der Waals surface area contributed by atoms with E-state index in [2.05, 4.69) is 10.3 Å². The van der Waals surface area contributed by atoms with Crippen LogP contribution in [-0.4, -0.2) is 48.8 Å². The lowest BCUT2D eigenvalue weighted by Gasteiger charge is -2.21. The van der Waals surface area contributed by atoms with Crippen molar-refractivity contribution in [1.82, 2.24) is 9.55 Å². The van der Waals surface area contributed by atoms with Crippen molar-refractivity contribution in [2.75, 3.05) is 32.8 Å². The Labute approximate surface area is 175 Å². The van der Waals surface area contributed by atoms with Crippen molar-refractivity contribution in [3.63, 3.8) is 0 Å². The normalized spacial score (nSPS) is 13.7. The molecule has 1 aliphatic carbocycles.